The molecular formula is C14H27ClN2O. The van der Waals surface area contributed by atoms with Gasteiger partial charge < -0.3 is 11.1 Å². The third kappa shape index (κ3) is 3.18. The number of nitrogens with one attached hydrogen (secondary N) is 1. The molecule has 3 nitrogen and oxygen atoms in total. The molecule has 0 bridgehead atoms. The lowest BCUT2D eigenvalue weighted by Gasteiger charge is -2.41. The maximum absolute atomic E-state index is 12.2. The van der Waals surface area contributed by atoms with Crippen molar-refractivity contribution < 1.29 is 4.79 Å². The van der Waals surface area contributed by atoms with Crippen LogP contribution in [0.2, 0.25) is 0 Å². The van der Waals surface area contributed by atoms with Crippen molar-refractivity contribution in [3.05, 3.63) is 0 Å². The Morgan fingerprint density at radius 1 is 1.33 bits per heavy atom. The van der Waals surface area contributed by atoms with Gasteiger partial charge in [0.05, 0.1) is 0 Å². The van der Waals surface area contributed by atoms with E-state index in [2.05, 4.69) is 12.2 Å². The summed E-state index contributed by atoms with van der Waals surface area (Å²) in [6, 6.07) is 0. The average Bonchev–Trinajstić information content (AvgIpc) is 2.76. The molecule has 0 aromatic rings. The molecule has 0 aromatic heterocycles. The Morgan fingerprint density at radius 2 is 2.06 bits per heavy atom. The molecule has 2 aliphatic carbocycles. The van der Waals surface area contributed by atoms with Gasteiger partial charge in [-0.15, -0.1) is 12.4 Å². The molecule has 1 amide bonds. The van der Waals surface area contributed by atoms with E-state index in [1.54, 1.807) is 0 Å². The number of rotatable bonds is 5. The van der Waals surface area contributed by atoms with E-state index in [0.29, 0.717) is 17.9 Å². The van der Waals surface area contributed by atoms with Crippen LogP contribution in [0, 0.1) is 17.3 Å². The van der Waals surface area contributed by atoms with Gasteiger partial charge in [0.25, 0.3) is 0 Å². The second kappa shape index (κ2) is 6.76. The summed E-state index contributed by atoms with van der Waals surface area (Å²) < 4.78 is 0. The summed E-state index contributed by atoms with van der Waals surface area (Å²) in [7, 11) is 0. The van der Waals surface area contributed by atoms with E-state index in [9.17, 15) is 4.79 Å². The van der Waals surface area contributed by atoms with Crippen molar-refractivity contribution in [3.63, 3.8) is 0 Å². The minimum absolute atomic E-state index is 0. The van der Waals surface area contributed by atoms with E-state index < -0.39 is 0 Å². The summed E-state index contributed by atoms with van der Waals surface area (Å²) in [6.45, 7) is 3.79. The molecule has 2 saturated carbocycles. The highest BCUT2D eigenvalue weighted by Crippen LogP contribution is 2.43. The van der Waals surface area contributed by atoms with Gasteiger partial charge in [0, 0.05) is 12.5 Å². The molecule has 2 aliphatic rings. The van der Waals surface area contributed by atoms with Crippen LogP contribution in [0.15, 0.2) is 0 Å². The second-order valence-corrected chi connectivity index (χ2v) is 5.96. The summed E-state index contributed by atoms with van der Waals surface area (Å²) in [5, 5.41) is 3.19. The number of carbonyl (C=O) groups is 1. The van der Waals surface area contributed by atoms with Gasteiger partial charge in [-0.3, -0.25) is 4.79 Å². The summed E-state index contributed by atoms with van der Waals surface area (Å²) in [5.41, 5.74) is 6.15. The zero-order valence-electron chi connectivity index (χ0n) is 11.4. The smallest absolute Gasteiger partial charge is 0.223 e. The third-order valence-electron chi connectivity index (χ3n) is 5.10. The number of hydrogen-bond donors (Lipinski definition) is 2. The lowest BCUT2D eigenvalue weighted by Crippen LogP contribution is -2.44. The Kier molecular flexibility index (Phi) is 5.93. The molecule has 2 fully saturated rings. The lowest BCUT2D eigenvalue weighted by molar-refractivity contribution is -0.126. The fourth-order valence-corrected chi connectivity index (χ4v) is 3.40. The lowest BCUT2D eigenvalue weighted by atomic mass is 9.67. The highest BCUT2D eigenvalue weighted by Gasteiger charge is 2.37. The Hall–Kier alpha value is -0.280. The SMILES string of the molecule is CCC1(CNC(=O)[C@@H]2CCC[C@@H]2CN)CCC1.Cl. The minimum Gasteiger partial charge on any atom is -0.355 e. The molecular weight excluding hydrogens is 248 g/mol. The molecule has 0 spiro atoms. The number of nitrogens with two attached hydrogens (primary N) is 1. The number of halogens is 1. The molecule has 2 atom stereocenters. The van der Waals surface area contributed by atoms with Crippen molar-refractivity contribution in [1.82, 2.24) is 5.32 Å². The molecule has 2 rings (SSSR count). The normalized spacial score (nSPS) is 29.2. The van der Waals surface area contributed by atoms with Crippen molar-refractivity contribution in [3.8, 4) is 0 Å². The van der Waals surface area contributed by atoms with Crippen LogP contribution in [0.5, 0.6) is 0 Å². The Balaban J connectivity index is 0.00000162. The van der Waals surface area contributed by atoms with Gasteiger partial charge in [-0.25, -0.2) is 0 Å². The van der Waals surface area contributed by atoms with Crippen LogP contribution >= 0.6 is 12.4 Å². The van der Waals surface area contributed by atoms with Crippen molar-refractivity contribution >= 4 is 18.3 Å². The van der Waals surface area contributed by atoms with Gasteiger partial charge in [0.15, 0.2) is 0 Å². The van der Waals surface area contributed by atoms with Crippen LogP contribution in [0.25, 0.3) is 0 Å². The van der Waals surface area contributed by atoms with Crippen LogP contribution in [0.4, 0.5) is 0 Å². The van der Waals surface area contributed by atoms with Gasteiger partial charge in [-0.1, -0.05) is 19.8 Å². The van der Waals surface area contributed by atoms with Crippen molar-refractivity contribution in [2.45, 2.75) is 51.9 Å². The Bertz CT molecular complexity index is 273. The van der Waals surface area contributed by atoms with Gasteiger partial charge in [0.1, 0.15) is 0 Å². The van der Waals surface area contributed by atoms with E-state index >= 15 is 0 Å². The van der Waals surface area contributed by atoms with Gasteiger partial charge in [0.2, 0.25) is 5.91 Å². The van der Waals surface area contributed by atoms with Crippen LogP contribution < -0.4 is 11.1 Å². The van der Waals surface area contributed by atoms with Crippen molar-refractivity contribution in [1.29, 1.82) is 0 Å². The van der Waals surface area contributed by atoms with E-state index in [4.69, 9.17) is 5.73 Å². The largest absolute Gasteiger partial charge is 0.355 e. The fraction of sp³-hybridized carbons (Fsp3) is 0.929. The molecule has 0 heterocycles. The highest BCUT2D eigenvalue weighted by molar-refractivity contribution is 5.85. The number of amides is 1. The minimum atomic E-state index is 0. The zero-order chi connectivity index (χ0) is 12.3. The van der Waals surface area contributed by atoms with Crippen molar-refractivity contribution in [2.24, 2.45) is 23.0 Å². The third-order valence-corrected chi connectivity index (χ3v) is 5.10. The predicted octanol–water partition coefficient (Wildman–Crippen LogP) is 2.48. The molecule has 0 aliphatic heterocycles. The van der Waals surface area contributed by atoms with E-state index in [1.807, 2.05) is 0 Å². The van der Waals surface area contributed by atoms with Gasteiger partial charge >= 0.3 is 0 Å². The molecule has 0 aromatic carbocycles. The standard InChI is InChI=1S/C14H26N2O.ClH/c1-2-14(7-4-8-14)10-16-13(17)12-6-3-5-11(12)9-15;/h11-12H,2-10,15H2,1H3,(H,16,17);1H/t11-,12-;/m1./s1. The van der Waals surface area contributed by atoms with Gasteiger partial charge in [-0.05, 0) is 50.0 Å². The highest BCUT2D eigenvalue weighted by atomic mass is 35.5. The first-order chi connectivity index (χ1) is 8.21. The second-order valence-electron chi connectivity index (χ2n) is 5.96. The summed E-state index contributed by atoms with van der Waals surface area (Å²) in [6.07, 6.45) is 8.43. The maximum Gasteiger partial charge on any atom is 0.223 e. The number of hydrogen-bond acceptors (Lipinski definition) is 2. The summed E-state index contributed by atoms with van der Waals surface area (Å²) >= 11 is 0. The van der Waals surface area contributed by atoms with Crippen molar-refractivity contribution in [2.75, 3.05) is 13.1 Å². The maximum atomic E-state index is 12.2. The first kappa shape index (κ1) is 15.8. The monoisotopic (exact) mass is 274 g/mol. The first-order valence-corrected chi connectivity index (χ1v) is 7.18. The average molecular weight is 275 g/mol. The summed E-state index contributed by atoms with van der Waals surface area (Å²) in [5.74, 6) is 0.876. The topological polar surface area (TPSA) is 55.1 Å². The summed E-state index contributed by atoms with van der Waals surface area (Å²) in [4.78, 5) is 12.2. The van der Waals surface area contributed by atoms with E-state index in [1.165, 1.54) is 32.1 Å². The van der Waals surface area contributed by atoms with E-state index in [0.717, 1.165) is 19.4 Å². The Morgan fingerprint density at radius 3 is 2.56 bits per heavy atom. The number of carbonyl (C=O) groups excluding carboxylic acids is 1. The molecule has 18 heavy (non-hydrogen) atoms. The molecule has 4 heteroatoms. The quantitative estimate of drug-likeness (QED) is 0.809. The van der Waals surface area contributed by atoms with Crippen LogP contribution in [-0.2, 0) is 4.79 Å². The van der Waals surface area contributed by atoms with E-state index in [-0.39, 0.29) is 24.2 Å². The predicted molar refractivity (Wildman–Crippen MR) is 76.7 cm³/mol. The molecule has 3 N–H and O–H groups in total. The van der Waals surface area contributed by atoms with Crippen LogP contribution in [-0.4, -0.2) is 19.0 Å². The Labute approximate surface area is 117 Å². The molecule has 0 saturated heterocycles. The molecule has 0 radical (unpaired) electrons. The van der Waals surface area contributed by atoms with Gasteiger partial charge in [-0.2, -0.15) is 0 Å². The molecule has 0 unspecified atom stereocenters. The molecule has 106 valence electrons. The zero-order valence-corrected chi connectivity index (χ0v) is 12.2. The fourth-order valence-electron chi connectivity index (χ4n) is 3.40. The van der Waals surface area contributed by atoms with Crippen LogP contribution in [0.1, 0.15) is 51.9 Å². The first-order valence-electron chi connectivity index (χ1n) is 7.18. The van der Waals surface area contributed by atoms with Crippen LogP contribution in [0.3, 0.4) is 0 Å².